The molecule has 3 rings (SSSR count). The maximum atomic E-state index is 12.6. The first kappa shape index (κ1) is 20.0. The van der Waals surface area contributed by atoms with Crippen molar-refractivity contribution in [2.75, 3.05) is 25.1 Å². The van der Waals surface area contributed by atoms with E-state index in [1.807, 2.05) is 11.4 Å². The fourth-order valence-corrected chi connectivity index (χ4v) is 5.98. The van der Waals surface area contributed by atoms with Crippen LogP contribution in [-0.2, 0) is 21.1 Å². The molecule has 0 spiro atoms. The number of aryl methyl sites for hydroxylation is 1. The molecule has 5 nitrogen and oxygen atoms in total. The first-order chi connectivity index (χ1) is 12.9. The van der Waals surface area contributed by atoms with E-state index < -0.39 is 9.84 Å². The van der Waals surface area contributed by atoms with E-state index in [2.05, 4.69) is 42.6 Å². The highest BCUT2D eigenvalue weighted by Crippen LogP contribution is 2.26. The van der Waals surface area contributed by atoms with Crippen molar-refractivity contribution in [3.63, 3.8) is 0 Å². The van der Waals surface area contributed by atoms with Gasteiger partial charge in [-0.15, -0.1) is 11.3 Å². The second-order valence-electron chi connectivity index (χ2n) is 6.99. The van der Waals surface area contributed by atoms with Crippen molar-refractivity contribution in [2.24, 2.45) is 0 Å². The van der Waals surface area contributed by atoms with Gasteiger partial charge in [0, 0.05) is 18.0 Å². The Morgan fingerprint density at radius 1 is 1.30 bits per heavy atom. The first-order valence-corrected chi connectivity index (χ1v) is 11.9. The van der Waals surface area contributed by atoms with Gasteiger partial charge in [-0.2, -0.15) is 0 Å². The minimum atomic E-state index is -3.00. The van der Waals surface area contributed by atoms with Crippen LogP contribution in [0.5, 0.6) is 0 Å². The highest BCUT2D eigenvalue weighted by Gasteiger charge is 2.32. The molecule has 2 aromatic rings. The van der Waals surface area contributed by atoms with Gasteiger partial charge in [-0.1, -0.05) is 37.3 Å². The molecule has 0 bridgehead atoms. The fraction of sp³-hybridized carbons (Fsp3) is 0.450. The van der Waals surface area contributed by atoms with Gasteiger partial charge >= 0.3 is 0 Å². The Balaban J connectivity index is 1.68. The number of amides is 1. The Hall–Kier alpha value is -1.70. The van der Waals surface area contributed by atoms with Crippen LogP contribution < -0.4 is 5.32 Å². The number of carbonyl (C=O) groups excluding carboxylic acids is 1. The summed E-state index contributed by atoms with van der Waals surface area (Å²) >= 11 is 1.65. The van der Waals surface area contributed by atoms with Gasteiger partial charge in [-0.25, -0.2) is 8.42 Å². The van der Waals surface area contributed by atoms with Gasteiger partial charge < -0.3 is 4.90 Å². The van der Waals surface area contributed by atoms with Crippen LogP contribution in [0.25, 0.3) is 0 Å². The summed E-state index contributed by atoms with van der Waals surface area (Å²) < 4.78 is 23.3. The summed E-state index contributed by atoms with van der Waals surface area (Å²) in [6, 6.07) is 12.3. The summed E-state index contributed by atoms with van der Waals surface area (Å²) in [5.41, 5.74) is 2.40. The molecule has 1 amide bonds. The molecule has 7 heteroatoms. The van der Waals surface area contributed by atoms with Gasteiger partial charge in [-0.05, 0) is 35.4 Å². The lowest BCUT2D eigenvalue weighted by Crippen LogP contribution is -2.43. The van der Waals surface area contributed by atoms with Crippen molar-refractivity contribution in [2.45, 2.75) is 31.8 Å². The zero-order chi connectivity index (χ0) is 19.4. The Labute approximate surface area is 165 Å². The molecule has 0 radical (unpaired) electrons. The van der Waals surface area contributed by atoms with Crippen LogP contribution >= 0.6 is 11.3 Å². The molecule has 1 aliphatic rings. The molecule has 1 aliphatic heterocycles. The minimum Gasteiger partial charge on any atom is -0.341 e. The standard InChI is InChI=1S/C20H26N2O3S2/c1-3-15-6-8-16(9-7-15)20(18-5-4-11-26-18)21-13-19(23)22(2)17-10-12-27(24,25)14-17/h4-9,11,17,20-21H,3,10,12-14H2,1-2H3/t17-,20+/m0/s1. The third-order valence-corrected chi connectivity index (χ3v) is 7.84. The van der Waals surface area contributed by atoms with Gasteiger partial charge in [-0.3, -0.25) is 10.1 Å². The SMILES string of the molecule is CCc1ccc([C@@H](NCC(=O)N(C)[C@H]2CCS(=O)(=O)C2)c2cccs2)cc1. The number of rotatable bonds is 7. The largest absolute Gasteiger partial charge is 0.341 e. The number of hydrogen-bond acceptors (Lipinski definition) is 5. The Morgan fingerprint density at radius 3 is 2.59 bits per heavy atom. The molecule has 1 fully saturated rings. The van der Waals surface area contributed by atoms with Crippen LogP contribution in [0.2, 0.25) is 0 Å². The number of hydrogen-bond donors (Lipinski definition) is 1. The summed E-state index contributed by atoms with van der Waals surface area (Å²) in [5, 5.41) is 5.40. The zero-order valence-corrected chi connectivity index (χ0v) is 17.4. The molecule has 1 N–H and O–H groups in total. The van der Waals surface area contributed by atoms with Gasteiger partial charge in [0.1, 0.15) is 0 Å². The summed E-state index contributed by atoms with van der Waals surface area (Å²) in [5.74, 6) is 0.163. The van der Waals surface area contributed by atoms with E-state index >= 15 is 0 Å². The van der Waals surface area contributed by atoms with E-state index in [-0.39, 0.29) is 36.0 Å². The van der Waals surface area contributed by atoms with Crippen LogP contribution in [0.1, 0.15) is 35.4 Å². The lowest BCUT2D eigenvalue weighted by molar-refractivity contribution is -0.130. The average Bonchev–Trinajstić information content (AvgIpc) is 3.31. The topological polar surface area (TPSA) is 66.5 Å². The molecule has 0 saturated carbocycles. The van der Waals surface area contributed by atoms with Gasteiger partial charge in [0.15, 0.2) is 9.84 Å². The van der Waals surface area contributed by atoms with Crippen LogP contribution in [0, 0.1) is 0 Å². The smallest absolute Gasteiger partial charge is 0.236 e. The second kappa shape index (κ2) is 8.54. The molecule has 27 heavy (non-hydrogen) atoms. The van der Waals surface area contributed by atoms with Gasteiger partial charge in [0.05, 0.1) is 24.1 Å². The Bertz CT molecular complexity index is 861. The molecule has 2 heterocycles. The molecule has 0 aliphatic carbocycles. The third kappa shape index (κ3) is 4.97. The highest BCUT2D eigenvalue weighted by molar-refractivity contribution is 7.91. The number of nitrogens with one attached hydrogen (secondary N) is 1. The highest BCUT2D eigenvalue weighted by atomic mass is 32.2. The van der Waals surface area contributed by atoms with E-state index in [1.54, 1.807) is 23.3 Å². The van der Waals surface area contributed by atoms with Crippen molar-refractivity contribution < 1.29 is 13.2 Å². The van der Waals surface area contributed by atoms with Crippen molar-refractivity contribution >= 4 is 27.1 Å². The molecule has 1 saturated heterocycles. The maximum absolute atomic E-state index is 12.6. The molecule has 1 aromatic heterocycles. The Morgan fingerprint density at radius 2 is 2.04 bits per heavy atom. The zero-order valence-electron chi connectivity index (χ0n) is 15.7. The lowest BCUT2D eigenvalue weighted by Gasteiger charge is -2.25. The van der Waals surface area contributed by atoms with E-state index in [0.717, 1.165) is 16.9 Å². The summed E-state index contributed by atoms with van der Waals surface area (Å²) in [7, 11) is -1.30. The molecular formula is C20H26N2O3S2. The van der Waals surface area contributed by atoms with E-state index in [1.165, 1.54) is 5.56 Å². The Kier molecular flexibility index (Phi) is 6.34. The lowest BCUT2D eigenvalue weighted by atomic mass is 10.0. The number of likely N-dealkylation sites (N-methyl/N-ethyl adjacent to an activating group) is 1. The number of benzene rings is 1. The molecule has 0 unspecified atom stereocenters. The van der Waals surface area contributed by atoms with Gasteiger partial charge in [0.2, 0.25) is 5.91 Å². The maximum Gasteiger partial charge on any atom is 0.236 e. The van der Waals surface area contributed by atoms with E-state index in [9.17, 15) is 13.2 Å². The third-order valence-electron chi connectivity index (χ3n) is 5.16. The monoisotopic (exact) mass is 406 g/mol. The number of sulfone groups is 1. The minimum absolute atomic E-state index is 0.0550. The quantitative estimate of drug-likeness (QED) is 0.768. The fourth-order valence-electron chi connectivity index (χ4n) is 3.38. The number of nitrogens with zero attached hydrogens (tertiary/aromatic N) is 1. The van der Waals surface area contributed by atoms with Crippen molar-refractivity contribution in [3.05, 3.63) is 57.8 Å². The molecular weight excluding hydrogens is 380 g/mol. The van der Waals surface area contributed by atoms with Crippen LogP contribution in [0.3, 0.4) is 0 Å². The van der Waals surface area contributed by atoms with Gasteiger partial charge in [0.25, 0.3) is 0 Å². The van der Waals surface area contributed by atoms with E-state index in [0.29, 0.717) is 6.42 Å². The summed E-state index contributed by atoms with van der Waals surface area (Å²) in [6.07, 6.45) is 1.52. The molecule has 1 aromatic carbocycles. The predicted octanol–water partition coefficient (Wildman–Crippen LogP) is 2.64. The second-order valence-corrected chi connectivity index (χ2v) is 10.2. The van der Waals surface area contributed by atoms with Crippen LogP contribution in [0.4, 0.5) is 0 Å². The summed E-state index contributed by atoms with van der Waals surface area (Å²) in [4.78, 5) is 15.4. The van der Waals surface area contributed by atoms with Crippen LogP contribution in [0.15, 0.2) is 41.8 Å². The first-order valence-electron chi connectivity index (χ1n) is 9.21. The average molecular weight is 407 g/mol. The van der Waals surface area contributed by atoms with E-state index in [4.69, 9.17) is 0 Å². The normalized spacial score (nSPS) is 19.7. The van der Waals surface area contributed by atoms with Crippen molar-refractivity contribution in [3.8, 4) is 0 Å². The summed E-state index contributed by atoms with van der Waals surface area (Å²) in [6.45, 7) is 2.30. The van der Waals surface area contributed by atoms with Crippen LogP contribution in [-0.4, -0.2) is 50.4 Å². The molecule has 2 atom stereocenters. The van der Waals surface area contributed by atoms with Crippen molar-refractivity contribution in [1.29, 1.82) is 0 Å². The number of carbonyl (C=O) groups is 1. The molecule has 146 valence electrons. The number of thiophene rings is 1. The predicted molar refractivity (Wildman–Crippen MR) is 110 cm³/mol. The van der Waals surface area contributed by atoms with Crippen molar-refractivity contribution in [1.82, 2.24) is 10.2 Å².